The van der Waals surface area contributed by atoms with E-state index >= 15 is 0 Å². The van der Waals surface area contributed by atoms with Gasteiger partial charge in [0.25, 0.3) is 0 Å². The van der Waals surface area contributed by atoms with Crippen LogP contribution in [0.3, 0.4) is 0 Å². The lowest BCUT2D eigenvalue weighted by atomic mass is 10.1. The third kappa shape index (κ3) is 2.70. The Labute approximate surface area is 107 Å². The standard InChI is InChI=1S/C14H18N2O2/c1-10(2)6-7-18-12-5-4-11-8-15-9-16-13(11)14(12)17-3/h4-5,8-10H,6-7H2,1-3H3. The molecule has 2 rings (SSSR count). The number of fused-ring (bicyclic) bond motifs is 1. The molecular formula is C14H18N2O2. The van der Waals surface area contributed by atoms with Gasteiger partial charge in [-0.3, -0.25) is 0 Å². The van der Waals surface area contributed by atoms with Crippen molar-refractivity contribution in [3.63, 3.8) is 0 Å². The minimum atomic E-state index is 0.624. The van der Waals surface area contributed by atoms with E-state index in [2.05, 4.69) is 23.8 Å². The smallest absolute Gasteiger partial charge is 0.187 e. The third-order valence-electron chi connectivity index (χ3n) is 2.75. The minimum Gasteiger partial charge on any atom is -0.491 e. The lowest BCUT2D eigenvalue weighted by Gasteiger charge is -2.13. The summed E-state index contributed by atoms with van der Waals surface area (Å²) >= 11 is 0. The Kier molecular flexibility index (Phi) is 3.97. The van der Waals surface area contributed by atoms with Crippen molar-refractivity contribution < 1.29 is 9.47 Å². The third-order valence-corrected chi connectivity index (χ3v) is 2.75. The van der Waals surface area contributed by atoms with Gasteiger partial charge in [0, 0.05) is 11.6 Å². The Morgan fingerprint density at radius 2 is 2.11 bits per heavy atom. The number of ether oxygens (including phenoxy) is 2. The predicted molar refractivity (Wildman–Crippen MR) is 71.0 cm³/mol. The first-order valence-electron chi connectivity index (χ1n) is 6.12. The van der Waals surface area contributed by atoms with Gasteiger partial charge >= 0.3 is 0 Å². The van der Waals surface area contributed by atoms with Gasteiger partial charge in [-0.1, -0.05) is 13.8 Å². The lowest BCUT2D eigenvalue weighted by molar-refractivity contribution is 0.274. The molecule has 18 heavy (non-hydrogen) atoms. The molecule has 0 aliphatic heterocycles. The van der Waals surface area contributed by atoms with Gasteiger partial charge in [0.2, 0.25) is 0 Å². The van der Waals surface area contributed by atoms with Crippen molar-refractivity contribution in [1.29, 1.82) is 0 Å². The number of aromatic nitrogens is 2. The lowest BCUT2D eigenvalue weighted by Crippen LogP contribution is -2.03. The highest BCUT2D eigenvalue weighted by Crippen LogP contribution is 2.33. The molecule has 1 aromatic carbocycles. The number of hydrogen-bond acceptors (Lipinski definition) is 4. The molecular weight excluding hydrogens is 228 g/mol. The van der Waals surface area contributed by atoms with Crippen LogP contribution < -0.4 is 9.47 Å². The SMILES string of the molecule is COc1c(OCCC(C)C)ccc2cncnc12. The quantitative estimate of drug-likeness (QED) is 0.813. The Morgan fingerprint density at radius 3 is 2.83 bits per heavy atom. The van der Waals surface area contributed by atoms with Crippen LogP contribution in [-0.4, -0.2) is 23.7 Å². The first kappa shape index (κ1) is 12.6. The Morgan fingerprint density at radius 1 is 1.28 bits per heavy atom. The van der Waals surface area contributed by atoms with Gasteiger partial charge < -0.3 is 9.47 Å². The van der Waals surface area contributed by atoms with Crippen LogP contribution >= 0.6 is 0 Å². The fourth-order valence-electron chi connectivity index (χ4n) is 1.73. The van der Waals surface area contributed by atoms with Crippen LogP contribution in [-0.2, 0) is 0 Å². The summed E-state index contributed by atoms with van der Waals surface area (Å²) in [6.07, 6.45) is 4.30. The van der Waals surface area contributed by atoms with Crippen molar-refractivity contribution in [2.45, 2.75) is 20.3 Å². The normalized spacial score (nSPS) is 10.9. The van der Waals surface area contributed by atoms with E-state index in [1.807, 2.05) is 12.1 Å². The molecule has 2 aromatic rings. The van der Waals surface area contributed by atoms with Crippen LogP contribution in [0.4, 0.5) is 0 Å². The largest absolute Gasteiger partial charge is 0.491 e. The summed E-state index contributed by atoms with van der Waals surface area (Å²) in [6.45, 7) is 5.03. The van der Waals surface area contributed by atoms with Crippen molar-refractivity contribution in [3.05, 3.63) is 24.7 Å². The highest BCUT2D eigenvalue weighted by molar-refractivity contribution is 5.86. The van der Waals surface area contributed by atoms with Crippen molar-refractivity contribution >= 4 is 10.9 Å². The monoisotopic (exact) mass is 246 g/mol. The van der Waals surface area contributed by atoms with Gasteiger partial charge in [-0.2, -0.15) is 0 Å². The van der Waals surface area contributed by atoms with Crippen LogP contribution in [0, 0.1) is 5.92 Å². The second-order valence-electron chi connectivity index (χ2n) is 4.59. The zero-order chi connectivity index (χ0) is 13.0. The maximum absolute atomic E-state index is 5.76. The topological polar surface area (TPSA) is 44.2 Å². The number of rotatable bonds is 5. The maximum Gasteiger partial charge on any atom is 0.187 e. The van der Waals surface area contributed by atoms with Gasteiger partial charge in [0.15, 0.2) is 11.5 Å². The van der Waals surface area contributed by atoms with Gasteiger partial charge in [-0.15, -0.1) is 0 Å². The van der Waals surface area contributed by atoms with Crippen molar-refractivity contribution in [2.75, 3.05) is 13.7 Å². The molecule has 0 aliphatic carbocycles. The Hall–Kier alpha value is -1.84. The number of nitrogens with zero attached hydrogens (tertiary/aromatic N) is 2. The van der Waals surface area contributed by atoms with Crippen molar-refractivity contribution in [2.24, 2.45) is 5.92 Å². The Balaban J connectivity index is 2.27. The van der Waals surface area contributed by atoms with E-state index in [1.54, 1.807) is 13.3 Å². The fourth-order valence-corrected chi connectivity index (χ4v) is 1.73. The van der Waals surface area contributed by atoms with Crippen molar-refractivity contribution in [1.82, 2.24) is 9.97 Å². The molecule has 0 unspecified atom stereocenters. The molecule has 0 spiro atoms. The molecule has 96 valence electrons. The summed E-state index contributed by atoms with van der Waals surface area (Å²) in [5, 5.41) is 0.950. The minimum absolute atomic E-state index is 0.624. The molecule has 1 aromatic heterocycles. The molecule has 0 radical (unpaired) electrons. The predicted octanol–water partition coefficient (Wildman–Crippen LogP) is 3.06. The van der Waals surface area contributed by atoms with Crippen LogP contribution in [0.15, 0.2) is 24.7 Å². The van der Waals surface area contributed by atoms with Gasteiger partial charge in [-0.05, 0) is 24.5 Å². The summed E-state index contributed by atoms with van der Waals surface area (Å²) in [5.74, 6) is 2.04. The Bertz CT molecular complexity index is 526. The summed E-state index contributed by atoms with van der Waals surface area (Å²) in [4.78, 5) is 8.24. The van der Waals surface area contributed by atoms with E-state index in [4.69, 9.17) is 9.47 Å². The summed E-state index contributed by atoms with van der Waals surface area (Å²) in [7, 11) is 1.63. The van der Waals surface area contributed by atoms with Crippen LogP contribution in [0.1, 0.15) is 20.3 Å². The molecule has 0 atom stereocenters. The first-order chi connectivity index (χ1) is 8.72. The molecule has 0 N–H and O–H groups in total. The molecule has 0 saturated carbocycles. The summed E-state index contributed by atoms with van der Waals surface area (Å²) in [5.41, 5.74) is 0.787. The van der Waals surface area contributed by atoms with Crippen LogP contribution in [0.5, 0.6) is 11.5 Å². The van der Waals surface area contributed by atoms with Crippen LogP contribution in [0.2, 0.25) is 0 Å². The van der Waals surface area contributed by atoms with E-state index in [0.29, 0.717) is 18.3 Å². The average Bonchev–Trinajstić information content (AvgIpc) is 2.38. The number of benzene rings is 1. The highest BCUT2D eigenvalue weighted by atomic mass is 16.5. The van der Waals surface area contributed by atoms with Gasteiger partial charge in [-0.25, -0.2) is 9.97 Å². The molecule has 1 heterocycles. The van der Waals surface area contributed by atoms with E-state index < -0.39 is 0 Å². The van der Waals surface area contributed by atoms with Crippen molar-refractivity contribution in [3.8, 4) is 11.5 Å². The zero-order valence-corrected chi connectivity index (χ0v) is 11.0. The fraction of sp³-hybridized carbons (Fsp3) is 0.429. The van der Waals surface area contributed by atoms with E-state index in [1.165, 1.54) is 6.33 Å². The molecule has 0 fully saturated rings. The number of hydrogen-bond donors (Lipinski definition) is 0. The van der Waals surface area contributed by atoms with E-state index in [-0.39, 0.29) is 0 Å². The molecule has 0 saturated heterocycles. The second kappa shape index (κ2) is 5.67. The molecule has 4 nitrogen and oxygen atoms in total. The van der Waals surface area contributed by atoms with Crippen LogP contribution in [0.25, 0.3) is 10.9 Å². The molecule has 4 heteroatoms. The maximum atomic E-state index is 5.76. The summed E-state index contributed by atoms with van der Waals surface area (Å²) < 4.78 is 11.2. The molecule has 0 bridgehead atoms. The molecule has 0 amide bonds. The highest BCUT2D eigenvalue weighted by Gasteiger charge is 2.10. The first-order valence-corrected chi connectivity index (χ1v) is 6.12. The zero-order valence-electron chi connectivity index (χ0n) is 11.0. The van der Waals surface area contributed by atoms with Gasteiger partial charge in [0.1, 0.15) is 11.8 Å². The molecule has 0 aliphatic rings. The second-order valence-corrected chi connectivity index (χ2v) is 4.59. The average molecular weight is 246 g/mol. The van der Waals surface area contributed by atoms with E-state index in [9.17, 15) is 0 Å². The summed E-state index contributed by atoms with van der Waals surface area (Å²) in [6, 6.07) is 3.85. The number of methoxy groups -OCH3 is 1. The van der Waals surface area contributed by atoms with E-state index in [0.717, 1.165) is 23.1 Å². The van der Waals surface area contributed by atoms with Gasteiger partial charge in [0.05, 0.1) is 13.7 Å².